The second kappa shape index (κ2) is 8.61. The molecule has 3 rings (SSSR count). The largest absolute Gasteiger partial charge is 0.478 e. The number of nitrogens with one attached hydrogen (secondary N) is 1. The Kier molecular flexibility index (Phi) is 6.33. The molecular formula is C19H11Cl3N2O5S. The zero-order valence-electron chi connectivity index (χ0n) is 14.8. The van der Waals surface area contributed by atoms with Crippen LogP contribution in [0.4, 0.5) is 5.69 Å². The van der Waals surface area contributed by atoms with E-state index in [1.54, 1.807) is 0 Å². The lowest BCUT2D eigenvalue weighted by atomic mass is 10.0. The van der Waals surface area contributed by atoms with Gasteiger partial charge in [-0.05, 0) is 30.3 Å². The molecule has 0 saturated heterocycles. The maximum atomic E-state index is 13.0. The summed E-state index contributed by atoms with van der Waals surface area (Å²) in [5, 5.41) is 9.58. The maximum Gasteiger partial charge on any atom is 0.336 e. The topological polar surface area (TPSA) is 113 Å². The SMILES string of the molecule is O=C(O)c1ccccc1C(=O)c1ncc(Cl)cc1NS(=O)(=O)c1ccc(Cl)c(Cl)c1. The zero-order valence-corrected chi connectivity index (χ0v) is 17.8. The van der Waals surface area contributed by atoms with Gasteiger partial charge in [-0.15, -0.1) is 0 Å². The molecule has 0 unspecified atom stereocenters. The van der Waals surface area contributed by atoms with E-state index in [-0.39, 0.29) is 42.5 Å². The number of aromatic nitrogens is 1. The summed E-state index contributed by atoms with van der Waals surface area (Å²) in [6.07, 6.45) is 1.15. The molecule has 7 nitrogen and oxygen atoms in total. The number of pyridine rings is 1. The summed E-state index contributed by atoms with van der Waals surface area (Å²) in [6, 6.07) is 10.4. The number of hydrogen-bond acceptors (Lipinski definition) is 5. The number of ketones is 1. The Morgan fingerprint density at radius 3 is 2.23 bits per heavy atom. The molecule has 1 heterocycles. The van der Waals surface area contributed by atoms with E-state index in [1.807, 2.05) is 0 Å². The number of rotatable bonds is 6. The van der Waals surface area contributed by atoms with Gasteiger partial charge in [0.05, 0.1) is 31.2 Å². The number of sulfonamides is 1. The van der Waals surface area contributed by atoms with Gasteiger partial charge in [-0.1, -0.05) is 53.0 Å². The number of anilines is 1. The summed E-state index contributed by atoms with van der Waals surface area (Å²) < 4.78 is 27.8. The van der Waals surface area contributed by atoms with Crippen LogP contribution in [0.5, 0.6) is 0 Å². The molecule has 0 amide bonds. The Hall–Kier alpha value is -2.65. The Morgan fingerprint density at radius 1 is 0.933 bits per heavy atom. The molecule has 0 spiro atoms. The standard InChI is InChI=1S/C19H11Cl3N2O5S/c20-10-7-16(24-30(28,29)11-5-6-14(21)15(22)8-11)17(23-9-10)18(25)12-3-1-2-4-13(12)19(26)27/h1-9,24H,(H,26,27). The average molecular weight is 486 g/mol. The first-order valence-corrected chi connectivity index (χ1v) is 10.7. The first kappa shape index (κ1) is 22.0. The molecule has 0 radical (unpaired) electrons. The van der Waals surface area contributed by atoms with Gasteiger partial charge < -0.3 is 5.11 Å². The fourth-order valence-electron chi connectivity index (χ4n) is 2.54. The third-order valence-electron chi connectivity index (χ3n) is 3.92. The Bertz CT molecular complexity index is 1280. The fraction of sp³-hybridized carbons (Fsp3) is 0. The van der Waals surface area contributed by atoms with Crippen LogP contribution in [0.1, 0.15) is 26.4 Å². The van der Waals surface area contributed by atoms with Gasteiger partial charge in [0.1, 0.15) is 5.69 Å². The van der Waals surface area contributed by atoms with Crippen molar-refractivity contribution in [3.63, 3.8) is 0 Å². The summed E-state index contributed by atoms with van der Waals surface area (Å²) >= 11 is 17.6. The molecule has 0 saturated carbocycles. The second-order valence-corrected chi connectivity index (χ2v) is 8.84. The van der Waals surface area contributed by atoms with E-state index in [0.717, 1.165) is 12.3 Å². The van der Waals surface area contributed by atoms with E-state index >= 15 is 0 Å². The Labute approximate surface area is 186 Å². The van der Waals surface area contributed by atoms with Crippen molar-refractivity contribution in [1.82, 2.24) is 4.98 Å². The van der Waals surface area contributed by atoms with Crippen molar-refractivity contribution in [2.75, 3.05) is 4.72 Å². The maximum absolute atomic E-state index is 13.0. The zero-order chi connectivity index (χ0) is 22.1. The van der Waals surface area contributed by atoms with Crippen molar-refractivity contribution in [2.24, 2.45) is 0 Å². The minimum absolute atomic E-state index is 0.0236. The van der Waals surface area contributed by atoms with Gasteiger partial charge in [0.15, 0.2) is 0 Å². The first-order chi connectivity index (χ1) is 14.1. The van der Waals surface area contributed by atoms with E-state index in [9.17, 15) is 23.1 Å². The van der Waals surface area contributed by atoms with Crippen molar-refractivity contribution in [1.29, 1.82) is 0 Å². The highest BCUT2D eigenvalue weighted by molar-refractivity contribution is 7.92. The lowest BCUT2D eigenvalue weighted by Gasteiger charge is -2.13. The van der Waals surface area contributed by atoms with Crippen molar-refractivity contribution in [3.05, 3.63) is 86.6 Å². The summed E-state index contributed by atoms with van der Waals surface area (Å²) in [6.45, 7) is 0. The van der Waals surface area contributed by atoms with Gasteiger partial charge in [0, 0.05) is 11.8 Å². The van der Waals surface area contributed by atoms with Gasteiger partial charge >= 0.3 is 5.97 Å². The third-order valence-corrected chi connectivity index (χ3v) is 6.23. The highest BCUT2D eigenvalue weighted by Crippen LogP contribution is 2.28. The van der Waals surface area contributed by atoms with Crippen LogP contribution < -0.4 is 4.72 Å². The number of aromatic carboxylic acids is 1. The summed E-state index contributed by atoms with van der Waals surface area (Å²) in [5.74, 6) is -2.11. The monoisotopic (exact) mass is 484 g/mol. The molecule has 0 aliphatic rings. The number of nitrogens with zero attached hydrogens (tertiary/aromatic N) is 1. The molecule has 30 heavy (non-hydrogen) atoms. The van der Waals surface area contributed by atoms with E-state index in [4.69, 9.17) is 34.8 Å². The molecule has 0 fully saturated rings. The van der Waals surface area contributed by atoms with Gasteiger partial charge in [0.2, 0.25) is 5.78 Å². The quantitative estimate of drug-likeness (QED) is 0.486. The summed E-state index contributed by atoms with van der Waals surface area (Å²) in [7, 11) is -4.19. The highest BCUT2D eigenvalue weighted by atomic mass is 35.5. The predicted molar refractivity (Wildman–Crippen MR) is 113 cm³/mol. The lowest BCUT2D eigenvalue weighted by molar-refractivity contribution is 0.0692. The number of carboxylic acids is 1. The Morgan fingerprint density at radius 2 is 1.60 bits per heavy atom. The van der Waals surface area contributed by atoms with Gasteiger partial charge in [-0.3, -0.25) is 9.52 Å². The van der Waals surface area contributed by atoms with Crippen molar-refractivity contribution in [3.8, 4) is 0 Å². The van der Waals surface area contributed by atoms with E-state index < -0.39 is 21.8 Å². The van der Waals surface area contributed by atoms with Crippen LogP contribution in [-0.4, -0.2) is 30.3 Å². The predicted octanol–water partition coefficient (Wildman–Crippen LogP) is 4.77. The summed E-state index contributed by atoms with van der Waals surface area (Å²) in [5.41, 5.74) is -0.956. The fourth-order valence-corrected chi connectivity index (χ4v) is 4.14. The second-order valence-electron chi connectivity index (χ2n) is 5.91. The number of carboxylic acid groups (broad SMARTS) is 1. The number of carbonyl (C=O) groups excluding carboxylic acids is 1. The van der Waals surface area contributed by atoms with Crippen molar-refractivity contribution >= 4 is 62.3 Å². The third kappa shape index (κ3) is 4.57. The van der Waals surface area contributed by atoms with Crippen molar-refractivity contribution in [2.45, 2.75) is 4.90 Å². The molecule has 2 aromatic carbocycles. The molecule has 0 atom stereocenters. The Balaban J connectivity index is 2.07. The molecule has 0 aliphatic heterocycles. The lowest BCUT2D eigenvalue weighted by Crippen LogP contribution is -2.18. The number of carbonyl (C=O) groups is 2. The van der Waals surface area contributed by atoms with Crippen LogP contribution in [-0.2, 0) is 10.0 Å². The number of halogens is 3. The molecule has 1 aromatic heterocycles. The normalized spacial score (nSPS) is 11.2. The van der Waals surface area contributed by atoms with E-state index in [0.29, 0.717) is 0 Å². The molecule has 0 bridgehead atoms. The van der Waals surface area contributed by atoms with Crippen LogP contribution in [0.2, 0.25) is 15.1 Å². The van der Waals surface area contributed by atoms with Crippen LogP contribution in [0, 0.1) is 0 Å². The van der Waals surface area contributed by atoms with Gasteiger partial charge in [-0.25, -0.2) is 18.2 Å². The number of benzene rings is 2. The molecule has 2 N–H and O–H groups in total. The summed E-state index contributed by atoms with van der Waals surface area (Å²) in [4.78, 5) is 28.1. The van der Waals surface area contributed by atoms with Gasteiger partial charge in [-0.2, -0.15) is 0 Å². The molecule has 0 aliphatic carbocycles. The van der Waals surface area contributed by atoms with Crippen LogP contribution in [0.3, 0.4) is 0 Å². The first-order valence-electron chi connectivity index (χ1n) is 8.10. The highest BCUT2D eigenvalue weighted by Gasteiger charge is 2.24. The smallest absolute Gasteiger partial charge is 0.336 e. The number of hydrogen-bond donors (Lipinski definition) is 2. The van der Waals surface area contributed by atoms with Gasteiger partial charge in [0.25, 0.3) is 10.0 Å². The minimum Gasteiger partial charge on any atom is -0.478 e. The molecule has 3 aromatic rings. The molecule has 154 valence electrons. The molecular weight excluding hydrogens is 475 g/mol. The van der Waals surface area contributed by atoms with Crippen LogP contribution in [0.25, 0.3) is 0 Å². The van der Waals surface area contributed by atoms with E-state index in [1.165, 1.54) is 42.5 Å². The van der Waals surface area contributed by atoms with E-state index in [2.05, 4.69) is 9.71 Å². The van der Waals surface area contributed by atoms with Crippen LogP contribution >= 0.6 is 34.8 Å². The minimum atomic E-state index is -4.19. The van der Waals surface area contributed by atoms with Crippen LogP contribution in [0.15, 0.2) is 59.6 Å². The average Bonchev–Trinajstić information content (AvgIpc) is 2.69. The van der Waals surface area contributed by atoms with Crippen molar-refractivity contribution < 1.29 is 23.1 Å². The molecule has 11 heteroatoms.